The van der Waals surface area contributed by atoms with Gasteiger partial charge in [-0.2, -0.15) is 0 Å². The van der Waals surface area contributed by atoms with Gasteiger partial charge in [-0.05, 0) is 27.1 Å². The third-order valence-electron chi connectivity index (χ3n) is 2.52. The molecule has 1 aromatic rings. The Morgan fingerprint density at radius 2 is 1.94 bits per heavy atom. The van der Waals surface area contributed by atoms with Gasteiger partial charge in [0.05, 0.1) is 5.69 Å². The van der Waals surface area contributed by atoms with Crippen LogP contribution in [0.1, 0.15) is 32.9 Å². The Bertz CT molecular complexity index is 342. The summed E-state index contributed by atoms with van der Waals surface area (Å²) in [5.74, 6) is 0.920. The van der Waals surface area contributed by atoms with Crippen molar-refractivity contribution in [2.45, 2.75) is 32.6 Å². The molecule has 0 radical (unpaired) electrons. The zero-order valence-electron chi connectivity index (χ0n) is 11.6. The highest BCUT2D eigenvalue weighted by Crippen LogP contribution is 2.20. The number of nitrogens with zero attached hydrogens (tertiary/aromatic N) is 3. The third-order valence-corrected chi connectivity index (χ3v) is 2.52. The summed E-state index contributed by atoms with van der Waals surface area (Å²) in [6.45, 7) is 8.50. The van der Waals surface area contributed by atoms with Crippen molar-refractivity contribution in [3.05, 3.63) is 18.1 Å². The van der Waals surface area contributed by atoms with E-state index in [0.717, 1.165) is 31.0 Å². The summed E-state index contributed by atoms with van der Waals surface area (Å²) < 4.78 is 0. The fraction of sp³-hybridized carbons (Fsp3) is 0.692. The van der Waals surface area contributed by atoms with E-state index in [1.165, 1.54) is 0 Å². The van der Waals surface area contributed by atoms with Crippen LogP contribution in [0.15, 0.2) is 12.4 Å². The Hall–Kier alpha value is -1.16. The van der Waals surface area contributed by atoms with Gasteiger partial charge in [0.2, 0.25) is 0 Å². The van der Waals surface area contributed by atoms with Crippen molar-refractivity contribution in [2.75, 3.05) is 32.5 Å². The summed E-state index contributed by atoms with van der Waals surface area (Å²) in [7, 11) is 4.17. The minimum Gasteiger partial charge on any atom is -0.370 e. The summed E-state index contributed by atoms with van der Waals surface area (Å²) >= 11 is 0. The Kier molecular flexibility index (Phi) is 4.87. The highest BCUT2D eigenvalue weighted by atomic mass is 15.1. The zero-order valence-corrected chi connectivity index (χ0v) is 11.6. The minimum absolute atomic E-state index is 0.0724. The van der Waals surface area contributed by atoms with Crippen molar-refractivity contribution in [3.63, 3.8) is 0 Å². The molecule has 0 atom stereocenters. The predicted molar refractivity (Wildman–Crippen MR) is 72.4 cm³/mol. The number of aromatic nitrogens is 2. The zero-order chi connectivity index (χ0) is 12.9. The molecule has 1 N–H and O–H groups in total. The molecule has 0 unspecified atom stereocenters. The Morgan fingerprint density at radius 3 is 2.53 bits per heavy atom. The number of hydrogen-bond donors (Lipinski definition) is 1. The molecule has 0 fully saturated rings. The molecule has 4 nitrogen and oxygen atoms in total. The second kappa shape index (κ2) is 5.96. The molecule has 0 aliphatic rings. The van der Waals surface area contributed by atoms with Crippen LogP contribution in [0.3, 0.4) is 0 Å². The fourth-order valence-corrected chi connectivity index (χ4v) is 1.48. The summed E-state index contributed by atoms with van der Waals surface area (Å²) in [5.41, 5.74) is 1.14. The lowest BCUT2D eigenvalue weighted by atomic mass is 9.92. The minimum atomic E-state index is 0.0724. The fourth-order valence-electron chi connectivity index (χ4n) is 1.48. The van der Waals surface area contributed by atoms with E-state index >= 15 is 0 Å². The van der Waals surface area contributed by atoms with Crippen LogP contribution in [-0.4, -0.2) is 42.1 Å². The second-order valence-electron chi connectivity index (χ2n) is 5.62. The second-order valence-corrected chi connectivity index (χ2v) is 5.62. The average molecular weight is 236 g/mol. The highest BCUT2D eigenvalue weighted by Gasteiger charge is 2.15. The van der Waals surface area contributed by atoms with Gasteiger partial charge in [-0.3, -0.25) is 0 Å². The van der Waals surface area contributed by atoms with Crippen LogP contribution in [0.2, 0.25) is 0 Å². The smallest absolute Gasteiger partial charge is 0.129 e. The van der Waals surface area contributed by atoms with Gasteiger partial charge in [0.15, 0.2) is 0 Å². The first-order valence-electron chi connectivity index (χ1n) is 6.11. The van der Waals surface area contributed by atoms with E-state index in [9.17, 15) is 0 Å². The van der Waals surface area contributed by atoms with E-state index in [1.54, 1.807) is 6.33 Å². The lowest BCUT2D eigenvalue weighted by Crippen LogP contribution is -2.17. The molecule has 0 amide bonds. The molecule has 0 aromatic carbocycles. The van der Waals surface area contributed by atoms with Crippen molar-refractivity contribution in [1.82, 2.24) is 14.9 Å². The number of hydrogen-bond acceptors (Lipinski definition) is 4. The number of anilines is 1. The normalized spacial score (nSPS) is 11.9. The summed E-state index contributed by atoms with van der Waals surface area (Å²) in [4.78, 5) is 10.7. The maximum atomic E-state index is 4.31. The molecule has 17 heavy (non-hydrogen) atoms. The van der Waals surface area contributed by atoms with Gasteiger partial charge in [-0.15, -0.1) is 0 Å². The average Bonchev–Trinajstić information content (AvgIpc) is 2.23. The van der Waals surface area contributed by atoms with Crippen LogP contribution in [0.25, 0.3) is 0 Å². The summed E-state index contributed by atoms with van der Waals surface area (Å²) in [5, 5.41) is 3.33. The molecule has 4 heteroatoms. The monoisotopic (exact) mass is 236 g/mol. The molecule has 0 bridgehead atoms. The van der Waals surface area contributed by atoms with Crippen LogP contribution in [-0.2, 0) is 5.41 Å². The number of rotatable bonds is 5. The van der Waals surface area contributed by atoms with E-state index in [4.69, 9.17) is 0 Å². The third kappa shape index (κ3) is 5.13. The van der Waals surface area contributed by atoms with Gasteiger partial charge < -0.3 is 10.2 Å². The van der Waals surface area contributed by atoms with E-state index < -0.39 is 0 Å². The summed E-state index contributed by atoms with van der Waals surface area (Å²) in [6, 6.07) is 2.04. The largest absolute Gasteiger partial charge is 0.370 e. The van der Waals surface area contributed by atoms with Crippen molar-refractivity contribution < 1.29 is 0 Å². The first kappa shape index (κ1) is 13.9. The Balaban J connectivity index is 2.49. The molecule has 1 rings (SSSR count). The molecule has 96 valence electrons. The quantitative estimate of drug-likeness (QED) is 0.795. The van der Waals surface area contributed by atoms with Crippen molar-refractivity contribution in [1.29, 1.82) is 0 Å². The molecule has 0 spiro atoms. The van der Waals surface area contributed by atoms with Crippen molar-refractivity contribution in [3.8, 4) is 0 Å². The van der Waals surface area contributed by atoms with Crippen molar-refractivity contribution in [2.24, 2.45) is 0 Å². The maximum Gasteiger partial charge on any atom is 0.129 e. The SMILES string of the molecule is CN(C)CCCNc1cc(C(C)(C)C)ncn1. The van der Waals surface area contributed by atoms with Gasteiger partial charge in [0.1, 0.15) is 12.1 Å². The Morgan fingerprint density at radius 1 is 1.24 bits per heavy atom. The van der Waals surface area contributed by atoms with Crippen LogP contribution < -0.4 is 5.32 Å². The van der Waals surface area contributed by atoms with Crippen LogP contribution in [0, 0.1) is 0 Å². The van der Waals surface area contributed by atoms with E-state index in [2.05, 4.69) is 55.1 Å². The molecule has 0 saturated heterocycles. The number of nitrogens with one attached hydrogen (secondary N) is 1. The molecule has 0 saturated carbocycles. The highest BCUT2D eigenvalue weighted by molar-refractivity contribution is 5.36. The van der Waals surface area contributed by atoms with E-state index in [1.807, 2.05) is 6.07 Å². The molecule has 1 heterocycles. The van der Waals surface area contributed by atoms with Crippen LogP contribution in [0.5, 0.6) is 0 Å². The molecular weight excluding hydrogens is 212 g/mol. The van der Waals surface area contributed by atoms with Gasteiger partial charge in [0, 0.05) is 18.0 Å². The van der Waals surface area contributed by atoms with Crippen molar-refractivity contribution >= 4 is 5.82 Å². The first-order chi connectivity index (χ1) is 7.89. The van der Waals surface area contributed by atoms with E-state index in [-0.39, 0.29) is 5.41 Å². The standard InChI is InChI=1S/C13H24N4/c1-13(2,3)11-9-12(16-10-15-11)14-7-6-8-17(4)5/h9-10H,6-8H2,1-5H3,(H,14,15,16). The van der Waals surface area contributed by atoms with E-state index in [0.29, 0.717) is 0 Å². The Labute approximate surface area is 104 Å². The first-order valence-corrected chi connectivity index (χ1v) is 6.11. The molecule has 0 aliphatic heterocycles. The van der Waals surface area contributed by atoms with Gasteiger partial charge in [-0.1, -0.05) is 20.8 Å². The summed E-state index contributed by atoms with van der Waals surface area (Å²) in [6.07, 6.45) is 2.75. The lowest BCUT2D eigenvalue weighted by Gasteiger charge is -2.18. The maximum absolute atomic E-state index is 4.31. The predicted octanol–water partition coefficient (Wildman–Crippen LogP) is 2.14. The van der Waals surface area contributed by atoms with Gasteiger partial charge in [0.25, 0.3) is 0 Å². The molecule has 0 aliphatic carbocycles. The molecular formula is C13H24N4. The van der Waals surface area contributed by atoms with Gasteiger partial charge >= 0.3 is 0 Å². The molecule has 1 aromatic heterocycles. The van der Waals surface area contributed by atoms with Crippen LogP contribution in [0.4, 0.5) is 5.82 Å². The lowest BCUT2D eigenvalue weighted by molar-refractivity contribution is 0.405. The van der Waals surface area contributed by atoms with Gasteiger partial charge in [-0.25, -0.2) is 9.97 Å². The topological polar surface area (TPSA) is 41.0 Å². The van der Waals surface area contributed by atoms with Crippen LogP contribution >= 0.6 is 0 Å².